The topological polar surface area (TPSA) is 66.0 Å². The van der Waals surface area contributed by atoms with Gasteiger partial charge in [0.2, 0.25) is 0 Å². The summed E-state index contributed by atoms with van der Waals surface area (Å²) in [7, 11) is 0. The van der Waals surface area contributed by atoms with Crippen molar-refractivity contribution in [3.05, 3.63) is 82.6 Å². The van der Waals surface area contributed by atoms with Crippen LogP contribution in [0.15, 0.2) is 54.6 Å². The molecule has 2 N–H and O–H groups in total. The summed E-state index contributed by atoms with van der Waals surface area (Å²) in [6.45, 7) is 4.05. The maximum atomic E-state index is 12.3. The zero-order chi connectivity index (χ0) is 17.8. The third-order valence-electron chi connectivity index (χ3n) is 4.24. The van der Waals surface area contributed by atoms with Gasteiger partial charge < -0.3 is 5.11 Å². The first-order chi connectivity index (χ1) is 12.1. The molecule has 0 fully saturated rings. The van der Waals surface area contributed by atoms with E-state index in [9.17, 15) is 4.79 Å². The fourth-order valence-electron chi connectivity index (χ4n) is 2.51. The van der Waals surface area contributed by atoms with E-state index in [-0.39, 0.29) is 12.4 Å². The molecule has 2 aromatic carbocycles. The summed E-state index contributed by atoms with van der Waals surface area (Å²) >= 11 is 0. The van der Waals surface area contributed by atoms with Gasteiger partial charge in [0.15, 0.2) is 5.78 Å². The number of hydrogen-bond acceptors (Lipinski definition) is 3. The predicted molar refractivity (Wildman–Crippen MR) is 99.2 cm³/mol. The van der Waals surface area contributed by atoms with Gasteiger partial charge in [-0.05, 0) is 54.8 Å². The molecule has 0 bridgehead atoms. The van der Waals surface area contributed by atoms with Gasteiger partial charge in [0, 0.05) is 11.1 Å². The Bertz CT molecular complexity index is 921. The summed E-state index contributed by atoms with van der Waals surface area (Å²) in [6.07, 6.45) is 3.28. The summed E-state index contributed by atoms with van der Waals surface area (Å²) in [5.41, 5.74) is 6.33. The molecule has 0 aliphatic heterocycles. The SMILES string of the molecule is Cc1ccc(C(=O)/C=C/c2cc(-c3ccc(CO)cc3)n[nH]2)cc1C. The molecule has 3 aromatic rings. The minimum Gasteiger partial charge on any atom is -0.392 e. The number of ketones is 1. The van der Waals surface area contributed by atoms with E-state index in [1.165, 1.54) is 5.56 Å². The number of aliphatic hydroxyl groups excluding tert-OH is 1. The average Bonchev–Trinajstić information content (AvgIpc) is 3.11. The van der Waals surface area contributed by atoms with Gasteiger partial charge >= 0.3 is 0 Å². The lowest BCUT2D eigenvalue weighted by Gasteiger charge is -2.01. The zero-order valence-electron chi connectivity index (χ0n) is 14.3. The number of aromatic amines is 1. The molecule has 4 nitrogen and oxygen atoms in total. The molecule has 0 saturated carbocycles. The number of carbonyl (C=O) groups is 1. The van der Waals surface area contributed by atoms with Gasteiger partial charge in [-0.15, -0.1) is 0 Å². The molecule has 25 heavy (non-hydrogen) atoms. The molecular weight excluding hydrogens is 312 g/mol. The quantitative estimate of drug-likeness (QED) is 0.546. The van der Waals surface area contributed by atoms with Crippen LogP contribution in [-0.4, -0.2) is 21.1 Å². The second-order valence-electron chi connectivity index (χ2n) is 6.06. The summed E-state index contributed by atoms with van der Waals surface area (Å²) in [6, 6.07) is 15.1. The van der Waals surface area contributed by atoms with Crippen LogP contribution in [0.4, 0.5) is 0 Å². The molecule has 1 heterocycles. The molecule has 3 rings (SSSR count). The molecule has 0 aliphatic carbocycles. The molecule has 0 spiro atoms. The van der Waals surface area contributed by atoms with Crippen LogP contribution in [0.3, 0.4) is 0 Å². The number of carbonyl (C=O) groups excluding carboxylic acids is 1. The Labute approximate surface area is 146 Å². The number of benzene rings is 2. The van der Waals surface area contributed by atoms with Crippen LogP contribution in [0.5, 0.6) is 0 Å². The van der Waals surface area contributed by atoms with Gasteiger partial charge in [-0.2, -0.15) is 5.10 Å². The van der Waals surface area contributed by atoms with E-state index in [1.807, 2.05) is 62.4 Å². The number of aliphatic hydroxyl groups is 1. The Morgan fingerprint density at radius 1 is 1.08 bits per heavy atom. The maximum absolute atomic E-state index is 12.3. The fourth-order valence-corrected chi connectivity index (χ4v) is 2.51. The minimum absolute atomic E-state index is 0.0232. The number of allylic oxidation sites excluding steroid dienone is 1. The van der Waals surface area contributed by atoms with Crippen molar-refractivity contribution in [2.75, 3.05) is 0 Å². The maximum Gasteiger partial charge on any atom is 0.185 e. The third-order valence-corrected chi connectivity index (χ3v) is 4.24. The van der Waals surface area contributed by atoms with E-state index < -0.39 is 0 Å². The van der Waals surface area contributed by atoms with E-state index in [4.69, 9.17) is 5.11 Å². The van der Waals surface area contributed by atoms with Crippen LogP contribution in [0.2, 0.25) is 0 Å². The van der Waals surface area contributed by atoms with Crippen molar-refractivity contribution in [1.29, 1.82) is 0 Å². The van der Waals surface area contributed by atoms with Crippen molar-refractivity contribution in [3.8, 4) is 11.3 Å². The highest BCUT2D eigenvalue weighted by Crippen LogP contribution is 2.19. The third kappa shape index (κ3) is 3.92. The summed E-state index contributed by atoms with van der Waals surface area (Å²) in [5.74, 6) is -0.0356. The largest absolute Gasteiger partial charge is 0.392 e. The normalized spacial score (nSPS) is 11.2. The smallest absolute Gasteiger partial charge is 0.185 e. The Kier molecular flexibility index (Phi) is 4.91. The first kappa shape index (κ1) is 16.9. The molecule has 0 atom stereocenters. The van der Waals surface area contributed by atoms with Crippen molar-refractivity contribution in [2.24, 2.45) is 0 Å². The average molecular weight is 332 g/mol. The zero-order valence-corrected chi connectivity index (χ0v) is 14.3. The van der Waals surface area contributed by atoms with Gasteiger partial charge in [0.1, 0.15) is 0 Å². The van der Waals surface area contributed by atoms with E-state index >= 15 is 0 Å². The highest BCUT2D eigenvalue weighted by Gasteiger charge is 2.05. The van der Waals surface area contributed by atoms with E-state index in [2.05, 4.69) is 10.2 Å². The number of nitrogens with one attached hydrogen (secondary N) is 1. The monoisotopic (exact) mass is 332 g/mol. The van der Waals surface area contributed by atoms with Gasteiger partial charge in [0.25, 0.3) is 0 Å². The van der Waals surface area contributed by atoms with Crippen molar-refractivity contribution >= 4 is 11.9 Å². The molecule has 0 saturated heterocycles. The predicted octanol–water partition coefficient (Wildman–Crippen LogP) is 4.08. The lowest BCUT2D eigenvalue weighted by molar-refractivity contribution is 0.104. The first-order valence-electron chi connectivity index (χ1n) is 8.12. The summed E-state index contributed by atoms with van der Waals surface area (Å²) in [4.78, 5) is 12.3. The lowest BCUT2D eigenvalue weighted by atomic mass is 10.0. The van der Waals surface area contributed by atoms with Crippen LogP contribution in [-0.2, 0) is 6.61 Å². The first-order valence-corrected chi connectivity index (χ1v) is 8.12. The van der Waals surface area contributed by atoms with Crippen molar-refractivity contribution < 1.29 is 9.90 Å². The fraction of sp³-hybridized carbons (Fsp3) is 0.143. The van der Waals surface area contributed by atoms with Crippen molar-refractivity contribution in [3.63, 3.8) is 0 Å². The van der Waals surface area contributed by atoms with Crippen LogP contribution in [0.1, 0.15) is 32.7 Å². The van der Waals surface area contributed by atoms with E-state index in [0.29, 0.717) is 5.56 Å². The number of nitrogens with zero attached hydrogens (tertiary/aromatic N) is 1. The molecule has 0 unspecified atom stereocenters. The molecular formula is C21H20N2O2. The second kappa shape index (κ2) is 7.28. The lowest BCUT2D eigenvalue weighted by Crippen LogP contribution is -1.95. The second-order valence-corrected chi connectivity index (χ2v) is 6.06. The van der Waals surface area contributed by atoms with Gasteiger partial charge in [0.05, 0.1) is 18.0 Å². The molecule has 4 heteroatoms. The number of rotatable bonds is 5. The van der Waals surface area contributed by atoms with Crippen LogP contribution >= 0.6 is 0 Å². The standard InChI is InChI=1S/C21H20N2O2/c1-14-3-6-18(11-15(14)2)21(25)10-9-19-12-20(23-22-19)17-7-4-16(13-24)5-8-17/h3-12,24H,13H2,1-2H3,(H,22,23)/b10-9+. The summed E-state index contributed by atoms with van der Waals surface area (Å²) < 4.78 is 0. The molecule has 126 valence electrons. The molecule has 0 amide bonds. The van der Waals surface area contributed by atoms with E-state index in [1.54, 1.807) is 12.2 Å². The number of aryl methyl sites for hydroxylation is 2. The molecule has 0 aliphatic rings. The van der Waals surface area contributed by atoms with Gasteiger partial charge in [-0.3, -0.25) is 9.89 Å². The molecule has 0 radical (unpaired) electrons. The Hall–Kier alpha value is -2.98. The van der Waals surface area contributed by atoms with Crippen molar-refractivity contribution in [1.82, 2.24) is 10.2 Å². The minimum atomic E-state index is -0.0356. The number of hydrogen-bond donors (Lipinski definition) is 2. The highest BCUT2D eigenvalue weighted by atomic mass is 16.3. The Balaban J connectivity index is 1.74. The highest BCUT2D eigenvalue weighted by molar-refractivity contribution is 6.06. The summed E-state index contributed by atoms with van der Waals surface area (Å²) in [5, 5.41) is 16.3. The van der Waals surface area contributed by atoms with E-state index in [0.717, 1.165) is 28.1 Å². The Morgan fingerprint density at radius 2 is 1.84 bits per heavy atom. The van der Waals surface area contributed by atoms with Crippen molar-refractivity contribution in [2.45, 2.75) is 20.5 Å². The van der Waals surface area contributed by atoms with Gasteiger partial charge in [-0.1, -0.05) is 36.4 Å². The van der Waals surface area contributed by atoms with Crippen LogP contribution in [0, 0.1) is 13.8 Å². The Morgan fingerprint density at radius 3 is 2.52 bits per heavy atom. The number of H-pyrrole nitrogens is 1. The van der Waals surface area contributed by atoms with Gasteiger partial charge in [-0.25, -0.2) is 0 Å². The number of aromatic nitrogens is 2. The van der Waals surface area contributed by atoms with Crippen LogP contribution < -0.4 is 0 Å². The molecule has 1 aromatic heterocycles. The van der Waals surface area contributed by atoms with Crippen LogP contribution in [0.25, 0.3) is 17.3 Å².